The smallest absolute Gasteiger partial charge is 0.359 e. The molecule has 9 heterocycles. The van der Waals surface area contributed by atoms with E-state index in [1.807, 2.05) is 0 Å². The van der Waals surface area contributed by atoms with Crippen LogP contribution in [0.1, 0.15) is 134 Å². The van der Waals surface area contributed by atoms with Crippen molar-refractivity contribution < 1.29 is 133 Å². The zero-order chi connectivity index (χ0) is 85.4. The van der Waals surface area contributed by atoms with Gasteiger partial charge in [0.05, 0.1) is 23.3 Å². The van der Waals surface area contributed by atoms with Crippen molar-refractivity contribution in [1.29, 1.82) is 0 Å². The second-order valence-corrected chi connectivity index (χ2v) is 31.3. The zero-order valence-corrected chi connectivity index (χ0v) is 65.9. The van der Waals surface area contributed by atoms with Gasteiger partial charge in [-0.3, -0.25) is 28.8 Å². The van der Waals surface area contributed by atoms with Crippen molar-refractivity contribution >= 4 is 70.3 Å². The van der Waals surface area contributed by atoms with Crippen molar-refractivity contribution in [2.45, 2.75) is 182 Å². The van der Waals surface area contributed by atoms with E-state index in [2.05, 4.69) is 56.1 Å². The number of phenols is 4. The highest BCUT2D eigenvalue weighted by atomic mass is 35.5. The van der Waals surface area contributed by atoms with E-state index in [0.29, 0.717) is 24.3 Å². The molecule has 2 saturated heterocycles. The van der Waals surface area contributed by atoms with Gasteiger partial charge in [0, 0.05) is 47.2 Å². The summed E-state index contributed by atoms with van der Waals surface area (Å²) in [7, 11) is 1.45. The van der Waals surface area contributed by atoms with Crippen molar-refractivity contribution in [3.8, 4) is 80.1 Å². The number of hydrogen-bond acceptors (Lipinski definition) is 29. The predicted molar refractivity (Wildman–Crippen MR) is 421 cm³/mol. The number of aliphatic imine (C=N–C) groups is 1. The molecule has 18 unspecified atom stereocenters. The predicted octanol–water partition coefficient (Wildman–Crippen LogP) is 4.52. The Bertz CT molecular complexity index is 5140. The first-order chi connectivity index (χ1) is 57.4. The summed E-state index contributed by atoms with van der Waals surface area (Å²) in [6.07, 6.45) is -15.5. The summed E-state index contributed by atoms with van der Waals surface area (Å²) in [5, 5.41) is 155. The third kappa shape index (κ3) is 17.9. The number of hydrogen-bond donors (Lipinski definition) is 19. The number of aliphatic hydroxyl groups is 8. The second-order valence-electron chi connectivity index (χ2n) is 30.6. The van der Waals surface area contributed by atoms with Gasteiger partial charge in [-0.2, -0.15) is 0 Å². The number of rotatable bonds is 17. The van der Waals surface area contributed by atoms with Gasteiger partial charge in [0.1, 0.15) is 131 Å². The molecule has 2 fully saturated rings. The number of aliphatic hydroxyl groups excluding tert-OH is 8. The van der Waals surface area contributed by atoms with E-state index in [1.54, 1.807) is 0 Å². The Labute approximate surface area is 694 Å². The van der Waals surface area contributed by atoms with E-state index < -0.39 is 249 Å². The summed E-state index contributed by atoms with van der Waals surface area (Å²) in [5.41, 5.74) is -2.69. The van der Waals surface area contributed by atoms with Crippen LogP contribution in [0, 0.1) is 5.92 Å². The van der Waals surface area contributed by atoms with Crippen molar-refractivity contribution in [2.24, 2.45) is 10.9 Å². The lowest BCUT2D eigenvalue weighted by atomic mass is 9.91. The van der Waals surface area contributed by atoms with Crippen LogP contribution >= 0.6 is 23.2 Å². The molecule has 19 bridgehead atoms. The Morgan fingerprint density at radius 2 is 1.18 bits per heavy atom. The minimum absolute atomic E-state index is 0.0619. The third-order valence-corrected chi connectivity index (χ3v) is 22.5. The van der Waals surface area contributed by atoms with Crippen molar-refractivity contribution in [3.05, 3.63) is 164 Å². The number of ether oxygens (including phenoxy) is 8. The molecule has 35 nitrogen and oxygen atoms in total. The number of phenolic OH excluding ortho intramolecular Hbond substituents is 4. The number of fused-ring (bicyclic) bond motifs is 16. The van der Waals surface area contributed by atoms with Gasteiger partial charge in [-0.25, -0.2) is 9.79 Å². The quantitative estimate of drug-likeness (QED) is 0.0440. The monoisotopic (exact) mass is 1700 g/mol. The Kier molecular flexibility index (Phi) is 25.6. The van der Waals surface area contributed by atoms with E-state index >= 15 is 19.2 Å². The molecule has 7 aromatic carbocycles. The number of halogens is 2. The van der Waals surface area contributed by atoms with E-state index in [9.17, 15) is 75.7 Å². The molecule has 6 amide bonds. The molecule has 0 aromatic heterocycles. The molecular formula is C83H88Cl2N8O27. The fourth-order valence-electron chi connectivity index (χ4n) is 15.4. The zero-order valence-electron chi connectivity index (χ0n) is 64.4. The first-order valence-corrected chi connectivity index (χ1v) is 39.6. The summed E-state index contributed by atoms with van der Waals surface area (Å²) in [4.78, 5) is 113. The molecular weight excluding hydrogens is 1610 g/mol. The minimum Gasteiger partial charge on any atom is -0.508 e. The Hall–Kier alpha value is -11.2. The maximum atomic E-state index is 16.7. The largest absolute Gasteiger partial charge is 0.508 e. The Morgan fingerprint density at radius 1 is 0.558 bits per heavy atom. The number of esters is 1. The first-order valence-electron chi connectivity index (χ1n) is 38.8. The van der Waals surface area contributed by atoms with Crippen LogP contribution in [0.2, 0.25) is 10.0 Å². The number of carbonyl (C=O) groups excluding carboxylic acids is 7. The van der Waals surface area contributed by atoms with Gasteiger partial charge in [0.15, 0.2) is 28.7 Å². The fourth-order valence-corrected chi connectivity index (χ4v) is 15.8. The molecule has 37 heteroatoms. The van der Waals surface area contributed by atoms with Crippen LogP contribution < -0.4 is 60.9 Å². The molecule has 0 saturated carbocycles. The molecule has 0 radical (unpaired) electrons. The topological polar surface area (TPSA) is 533 Å². The molecule has 16 rings (SSSR count). The molecule has 7 aromatic rings. The average Bonchev–Trinajstić information content (AvgIpc) is 1.46. The minimum atomic E-state index is -2.35. The third-order valence-electron chi connectivity index (χ3n) is 21.8. The molecule has 9 aliphatic rings. The average molecular weight is 1700 g/mol. The van der Waals surface area contributed by atoms with E-state index in [4.69, 9.17) is 61.1 Å². The maximum Gasteiger partial charge on any atom is 0.359 e. The fraction of sp³-hybridized carbons (Fsp3) is 0.398. The standard InChI is InChI=1S/C83H88Cl2N8O27/c1-34(2)10-8-6-4-5-7-9-11-58(100)88-67-71(104)69(102)56(32-94)117-82(67)119-74-54-26-39-27-55(74)115-51-21-16-38(24-46(51)84)68(101)66-80-93-65(81(112)120-80)44-28-40(96)29-53(116-83-73(106)72(105)70(103)57(33-95)118-83)59(44)43-23-36(14-19-48(43)97)62(77(109)92-66)89-78(110)63(39)90-79(111)64-45-30-42(31-50(99)60(45)85)114-52-25-37(15-20-49(52)98)61(86-3)76(108)87-47(75(107)91-64)22-35-12-17-41(113-54)18-13-35/h12-21,23-31,34,47,56-57,61-64,66-73,80,82-83,86,94-99,101-106H,4-11,22,32-33H2,1-3H3,(H,87,108)(H,88,100)(H,89,110)(H,90,111)(H,91,107)(H,92,109). The number of carbonyl (C=O) groups is 7. The van der Waals surface area contributed by atoms with Gasteiger partial charge < -0.3 is 136 Å². The summed E-state index contributed by atoms with van der Waals surface area (Å²) in [6.45, 7) is 2.45. The second kappa shape index (κ2) is 36.0. The highest BCUT2D eigenvalue weighted by Crippen LogP contribution is 2.50. The number of benzene rings is 7. The van der Waals surface area contributed by atoms with Crippen molar-refractivity contribution in [1.82, 2.24) is 37.2 Å². The van der Waals surface area contributed by atoms with Crippen LogP contribution in [-0.4, -0.2) is 208 Å². The number of nitrogens with one attached hydrogen (secondary N) is 7. The molecule has 0 aliphatic carbocycles. The van der Waals surface area contributed by atoms with Gasteiger partial charge in [-0.15, -0.1) is 0 Å². The van der Waals surface area contributed by atoms with Crippen molar-refractivity contribution in [3.63, 3.8) is 0 Å². The van der Waals surface area contributed by atoms with Gasteiger partial charge in [-0.1, -0.05) is 106 Å². The Balaban J connectivity index is 0.976. The first kappa shape index (κ1) is 85.3. The van der Waals surface area contributed by atoms with E-state index in [0.717, 1.165) is 86.7 Å². The SMILES string of the molecule is CNC1C(=O)NC2Cc3ccc(cc3)Oc3cc4cc(c3OC3OC(CO)C(O)C(O)C3NC(=O)CCCCCCCCC(C)C)Oc3ccc(cc3Cl)C(O)C3NC(=O)C(NC(=O)C4NC(=O)C(NC2=O)c2cc(cc(O)c2Cl)Oc2cc1ccc2O)c1ccc(O)c(c1)-c1c(OC2OC(CO)C(O)C(O)C2O)cc(O)cc1C1=NC3OC1=O. The number of amides is 6. The number of likely N-dealkylation sites (N-methyl/N-ethyl adjacent to an activating group) is 1. The highest BCUT2D eigenvalue weighted by molar-refractivity contribution is 6.46. The van der Waals surface area contributed by atoms with Gasteiger partial charge in [-0.05, 0) is 120 Å². The number of unbranched alkanes of at least 4 members (excludes halogenated alkanes) is 5. The van der Waals surface area contributed by atoms with Crippen LogP contribution in [0.3, 0.4) is 0 Å². The van der Waals surface area contributed by atoms with Gasteiger partial charge in [0.2, 0.25) is 60.0 Å². The van der Waals surface area contributed by atoms with Crippen LogP contribution in [0.4, 0.5) is 0 Å². The van der Waals surface area contributed by atoms with Crippen LogP contribution in [0.25, 0.3) is 11.1 Å². The van der Waals surface area contributed by atoms with Crippen LogP contribution in [0.5, 0.6) is 69.0 Å². The molecule has 9 aliphatic heterocycles. The lowest BCUT2D eigenvalue weighted by Crippen LogP contribution is -2.65. The molecule has 19 N–H and O–H groups in total. The summed E-state index contributed by atoms with van der Waals surface area (Å²) >= 11 is 14.3. The van der Waals surface area contributed by atoms with E-state index in [1.165, 1.54) is 67.7 Å². The molecule has 18 atom stereocenters. The van der Waals surface area contributed by atoms with Crippen LogP contribution in [0.15, 0.2) is 120 Å². The lowest BCUT2D eigenvalue weighted by Gasteiger charge is -2.42. The molecule has 120 heavy (non-hydrogen) atoms. The van der Waals surface area contributed by atoms with Gasteiger partial charge >= 0.3 is 5.97 Å². The van der Waals surface area contributed by atoms with Crippen LogP contribution in [-0.2, 0) is 54.2 Å². The lowest BCUT2D eigenvalue weighted by molar-refractivity contribution is -0.277. The maximum absolute atomic E-state index is 16.7. The number of nitrogens with zero attached hydrogens (tertiary/aromatic N) is 1. The normalized spacial score (nSPS) is 27.1. The summed E-state index contributed by atoms with van der Waals surface area (Å²) in [5.74, 6) is -13.1. The molecule has 0 spiro atoms. The summed E-state index contributed by atoms with van der Waals surface area (Å²) < 4.78 is 50.6. The van der Waals surface area contributed by atoms with Crippen molar-refractivity contribution in [2.75, 3.05) is 20.3 Å². The molecule has 636 valence electrons. The number of aromatic hydroxyl groups is 4. The highest BCUT2D eigenvalue weighted by Gasteiger charge is 2.50. The van der Waals surface area contributed by atoms with E-state index in [-0.39, 0.29) is 57.6 Å². The summed E-state index contributed by atoms with van der Waals surface area (Å²) in [6, 6.07) is 9.70. The van der Waals surface area contributed by atoms with Gasteiger partial charge in [0.25, 0.3) is 0 Å². The Morgan fingerprint density at radius 3 is 1.89 bits per heavy atom.